The van der Waals surface area contributed by atoms with E-state index in [1.165, 1.54) is 45.9 Å². The minimum atomic E-state index is -4.03. The van der Waals surface area contributed by atoms with Gasteiger partial charge in [0, 0.05) is 11.5 Å². The molecule has 0 aliphatic carbocycles. The fourth-order valence-electron chi connectivity index (χ4n) is 2.47. The van der Waals surface area contributed by atoms with Gasteiger partial charge in [0.05, 0.1) is 9.79 Å². The van der Waals surface area contributed by atoms with Gasteiger partial charge >= 0.3 is 0 Å². The van der Waals surface area contributed by atoms with Gasteiger partial charge in [0.1, 0.15) is 12.2 Å². The van der Waals surface area contributed by atoms with Crippen LogP contribution in [0.3, 0.4) is 0 Å². The first kappa shape index (κ1) is 21.7. The maximum Gasteiger partial charge on any atom is 0.297 e. The predicted octanol–water partition coefficient (Wildman–Crippen LogP) is 3.55. The zero-order valence-electron chi connectivity index (χ0n) is 15.3. The molecule has 28 heavy (non-hydrogen) atoms. The molecule has 10 heteroatoms. The van der Waals surface area contributed by atoms with Gasteiger partial charge < -0.3 is 0 Å². The molecule has 152 valence electrons. The normalized spacial score (nSPS) is 20.8. The third kappa shape index (κ3) is 5.31. The van der Waals surface area contributed by atoms with Gasteiger partial charge in [0.2, 0.25) is 0 Å². The fourth-order valence-corrected chi connectivity index (χ4v) is 7.25. The van der Waals surface area contributed by atoms with Crippen molar-refractivity contribution in [3.05, 3.63) is 59.7 Å². The first-order valence-corrected chi connectivity index (χ1v) is 13.7. The summed E-state index contributed by atoms with van der Waals surface area (Å²) in [5, 5.41) is 0. The van der Waals surface area contributed by atoms with Crippen molar-refractivity contribution < 1.29 is 25.2 Å². The highest BCUT2D eigenvalue weighted by molar-refractivity contribution is 8.76. The Labute approximate surface area is 173 Å². The van der Waals surface area contributed by atoms with E-state index in [1.54, 1.807) is 24.3 Å². The van der Waals surface area contributed by atoms with E-state index in [1.807, 2.05) is 13.8 Å². The van der Waals surface area contributed by atoms with Crippen LogP contribution in [-0.4, -0.2) is 40.5 Å². The van der Waals surface area contributed by atoms with Gasteiger partial charge in [-0.05, 0) is 38.1 Å². The van der Waals surface area contributed by atoms with Gasteiger partial charge in [-0.25, -0.2) is 0 Å². The summed E-state index contributed by atoms with van der Waals surface area (Å²) in [6.07, 6.45) is -1.81. The molecule has 3 rings (SSSR count). The van der Waals surface area contributed by atoms with Crippen LogP contribution in [0.4, 0.5) is 0 Å². The maximum absolute atomic E-state index is 12.6. The fraction of sp³-hybridized carbons (Fsp3) is 0.333. The Morgan fingerprint density at radius 1 is 0.679 bits per heavy atom. The van der Waals surface area contributed by atoms with E-state index in [0.29, 0.717) is 11.5 Å². The van der Waals surface area contributed by atoms with E-state index in [9.17, 15) is 16.8 Å². The van der Waals surface area contributed by atoms with Crippen molar-refractivity contribution in [2.45, 2.75) is 35.8 Å². The SMILES string of the molecule is Cc1ccc(S(=O)(=O)OC2CSSCC2OS(=O)(=O)c2ccc(C)cc2)cc1. The molecule has 6 nitrogen and oxygen atoms in total. The summed E-state index contributed by atoms with van der Waals surface area (Å²) in [5.74, 6) is 0.591. The highest BCUT2D eigenvalue weighted by atomic mass is 33.1. The molecule has 0 amide bonds. The average Bonchev–Trinajstić information content (AvgIpc) is 2.64. The van der Waals surface area contributed by atoms with Crippen LogP contribution < -0.4 is 0 Å². The second-order valence-electron chi connectivity index (χ2n) is 6.37. The van der Waals surface area contributed by atoms with Crippen LogP contribution in [0.15, 0.2) is 58.3 Å². The van der Waals surface area contributed by atoms with Crippen molar-refractivity contribution >= 4 is 41.8 Å². The molecule has 2 aromatic rings. The molecule has 1 saturated heterocycles. The molecule has 0 spiro atoms. The van der Waals surface area contributed by atoms with Gasteiger partial charge in [0.25, 0.3) is 20.2 Å². The summed E-state index contributed by atoms with van der Waals surface area (Å²) in [6.45, 7) is 3.71. The monoisotopic (exact) mass is 460 g/mol. The zero-order chi connectivity index (χ0) is 20.4. The lowest BCUT2D eigenvalue weighted by Gasteiger charge is -2.29. The molecule has 2 atom stereocenters. The van der Waals surface area contributed by atoms with Gasteiger partial charge in [-0.2, -0.15) is 16.8 Å². The third-order valence-electron chi connectivity index (χ3n) is 4.08. The van der Waals surface area contributed by atoms with Crippen molar-refractivity contribution in [3.8, 4) is 0 Å². The van der Waals surface area contributed by atoms with E-state index in [4.69, 9.17) is 8.37 Å². The number of aryl methyl sites for hydroxylation is 2. The number of benzene rings is 2. The highest BCUT2D eigenvalue weighted by Crippen LogP contribution is 2.35. The van der Waals surface area contributed by atoms with E-state index < -0.39 is 32.4 Å². The Hall–Kier alpha value is -1.04. The second-order valence-corrected chi connectivity index (χ2v) is 12.1. The van der Waals surface area contributed by atoms with E-state index in [-0.39, 0.29) is 9.79 Å². The largest absolute Gasteiger partial charge is 0.297 e. The molecule has 2 unspecified atom stereocenters. The Morgan fingerprint density at radius 2 is 1.00 bits per heavy atom. The molecule has 1 aliphatic heterocycles. The van der Waals surface area contributed by atoms with Crippen molar-refractivity contribution in [3.63, 3.8) is 0 Å². The quantitative estimate of drug-likeness (QED) is 0.478. The summed E-state index contributed by atoms with van der Waals surface area (Å²) in [6, 6.07) is 12.6. The minimum absolute atomic E-state index is 0.0291. The topological polar surface area (TPSA) is 86.7 Å². The van der Waals surface area contributed by atoms with E-state index >= 15 is 0 Å². The molecule has 0 N–H and O–H groups in total. The molecular formula is C18H20O6S4. The van der Waals surface area contributed by atoms with Crippen LogP contribution in [0.1, 0.15) is 11.1 Å². The van der Waals surface area contributed by atoms with Crippen LogP contribution in [0.5, 0.6) is 0 Å². The summed E-state index contributed by atoms with van der Waals surface area (Å²) in [7, 11) is -5.22. The number of hydrogen-bond donors (Lipinski definition) is 0. The molecule has 1 fully saturated rings. The van der Waals surface area contributed by atoms with Crippen LogP contribution >= 0.6 is 21.6 Å². The third-order valence-corrected chi connectivity index (χ3v) is 9.20. The van der Waals surface area contributed by atoms with Gasteiger partial charge in [-0.15, -0.1) is 0 Å². The average molecular weight is 461 g/mol. The maximum atomic E-state index is 12.6. The Bertz CT molecular complexity index is 929. The minimum Gasteiger partial charge on any atom is -0.259 e. The van der Waals surface area contributed by atoms with Crippen molar-refractivity contribution in [2.24, 2.45) is 0 Å². The molecule has 0 bridgehead atoms. The zero-order valence-corrected chi connectivity index (χ0v) is 18.5. The van der Waals surface area contributed by atoms with Gasteiger partial charge in [-0.3, -0.25) is 8.37 Å². The van der Waals surface area contributed by atoms with Crippen molar-refractivity contribution in [1.29, 1.82) is 0 Å². The van der Waals surface area contributed by atoms with Gasteiger partial charge in [-0.1, -0.05) is 57.0 Å². The molecule has 0 saturated carbocycles. The Morgan fingerprint density at radius 3 is 1.32 bits per heavy atom. The first-order valence-electron chi connectivity index (χ1n) is 8.42. The van der Waals surface area contributed by atoms with Crippen LogP contribution in [-0.2, 0) is 28.6 Å². The predicted molar refractivity (Wildman–Crippen MR) is 111 cm³/mol. The van der Waals surface area contributed by atoms with Crippen molar-refractivity contribution in [2.75, 3.05) is 11.5 Å². The number of rotatable bonds is 6. The lowest BCUT2D eigenvalue weighted by Crippen LogP contribution is -2.40. The molecule has 1 heterocycles. The summed E-state index contributed by atoms with van der Waals surface area (Å²) in [5.41, 5.74) is 1.85. The smallest absolute Gasteiger partial charge is 0.259 e. The molecule has 0 aromatic heterocycles. The molecular weight excluding hydrogens is 440 g/mol. The lowest BCUT2D eigenvalue weighted by atomic mass is 10.2. The number of hydrogen-bond acceptors (Lipinski definition) is 8. The Kier molecular flexibility index (Phi) is 6.78. The van der Waals surface area contributed by atoms with Crippen LogP contribution in [0.25, 0.3) is 0 Å². The van der Waals surface area contributed by atoms with E-state index in [2.05, 4.69) is 0 Å². The molecule has 2 aromatic carbocycles. The summed E-state index contributed by atoms with van der Waals surface area (Å²) >= 11 is 0. The highest BCUT2D eigenvalue weighted by Gasteiger charge is 2.36. The molecule has 1 aliphatic rings. The summed E-state index contributed by atoms with van der Waals surface area (Å²) in [4.78, 5) is 0.0583. The lowest BCUT2D eigenvalue weighted by molar-refractivity contribution is 0.0926. The first-order chi connectivity index (χ1) is 13.2. The Balaban J connectivity index is 1.78. The second kappa shape index (κ2) is 8.76. The molecule has 0 radical (unpaired) electrons. The standard InChI is InChI=1S/C18H20O6S4/c1-13-3-7-15(8-4-13)27(19,20)23-17-11-25-26-12-18(17)24-28(21,22)16-9-5-14(2)6-10-16/h3-10,17-18H,11-12H2,1-2H3. The van der Waals surface area contributed by atoms with E-state index in [0.717, 1.165) is 11.1 Å². The van der Waals surface area contributed by atoms with Crippen LogP contribution in [0.2, 0.25) is 0 Å². The van der Waals surface area contributed by atoms with Crippen LogP contribution in [0, 0.1) is 13.8 Å². The summed E-state index contributed by atoms with van der Waals surface area (Å²) < 4.78 is 61.1. The van der Waals surface area contributed by atoms with Gasteiger partial charge in [0.15, 0.2) is 0 Å². The van der Waals surface area contributed by atoms with Crippen molar-refractivity contribution in [1.82, 2.24) is 0 Å².